The molecule has 3 aromatic rings. The summed E-state index contributed by atoms with van der Waals surface area (Å²) < 4.78 is 2.01. The van der Waals surface area contributed by atoms with E-state index in [1.807, 2.05) is 41.9 Å². The van der Waals surface area contributed by atoms with Gasteiger partial charge in [-0.25, -0.2) is 0 Å². The molecular weight excluding hydrogens is 328 g/mol. The van der Waals surface area contributed by atoms with Crippen LogP contribution >= 0.6 is 12.2 Å². The molecule has 4 nitrogen and oxygen atoms in total. The second kappa shape index (κ2) is 7.49. The lowest BCUT2D eigenvalue weighted by atomic mass is 10.1. The van der Waals surface area contributed by atoms with Crippen molar-refractivity contribution in [2.45, 2.75) is 27.3 Å². The highest BCUT2D eigenvalue weighted by Crippen LogP contribution is 2.21. The number of aromatic nitrogens is 2. The van der Waals surface area contributed by atoms with Gasteiger partial charge >= 0.3 is 0 Å². The fourth-order valence-corrected chi connectivity index (χ4v) is 2.92. The van der Waals surface area contributed by atoms with Gasteiger partial charge in [0.05, 0.1) is 23.6 Å². The maximum absolute atomic E-state index is 5.43. The first-order chi connectivity index (χ1) is 12.0. The molecule has 0 bridgehead atoms. The van der Waals surface area contributed by atoms with Gasteiger partial charge in [0.15, 0.2) is 5.11 Å². The zero-order valence-corrected chi connectivity index (χ0v) is 15.5. The third-order valence-electron chi connectivity index (χ3n) is 4.10. The van der Waals surface area contributed by atoms with E-state index < -0.39 is 0 Å². The average molecular weight is 350 g/mol. The van der Waals surface area contributed by atoms with Gasteiger partial charge in [0, 0.05) is 5.69 Å². The predicted octanol–water partition coefficient (Wildman–Crippen LogP) is 4.67. The van der Waals surface area contributed by atoms with Gasteiger partial charge < -0.3 is 10.6 Å². The molecule has 0 saturated heterocycles. The highest BCUT2D eigenvalue weighted by atomic mass is 32.1. The summed E-state index contributed by atoms with van der Waals surface area (Å²) in [4.78, 5) is 0. The lowest BCUT2D eigenvalue weighted by Gasteiger charge is -2.11. The summed E-state index contributed by atoms with van der Waals surface area (Å²) in [6.45, 7) is 6.89. The highest BCUT2D eigenvalue weighted by Gasteiger charge is 2.13. The summed E-state index contributed by atoms with van der Waals surface area (Å²) in [5.74, 6) is 0. The third-order valence-corrected chi connectivity index (χ3v) is 4.31. The SMILES string of the molecule is Cc1ccc(Cn2nc(C)c(NC(=S)Nc3ccccc3)c2C)cc1. The molecular formula is C20H22N4S. The van der Waals surface area contributed by atoms with Crippen molar-refractivity contribution in [3.8, 4) is 0 Å². The van der Waals surface area contributed by atoms with Crippen molar-refractivity contribution in [1.29, 1.82) is 0 Å². The Morgan fingerprint density at radius 2 is 1.64 bits per heavy atom. The van der Waals surface area contributed by atoms with Gasteiger partial charge in [-0.05, 0) is 50.7 Å². The molecule has 25 heavy (non-hydrogen) atoms. The molecule has 0 aliphatic carbocycles. The number of nitrogens with zero attached hydrogens (tertiary/aromatic N) is 2. The standard InChI is InChI=1S/C20H22N4S/c1-14-9-11-17(12-10-14)13-24-16(3)19(15(2)23-24)22-20(25)21-18-7-5-4-6-8-18/h4-12H,13H2,1-3H3,(H2,21,22,25). The number of anilines is 2. The molecule has 5 heteroatoms. The molecule has 1 aromatic heterocycles. The van der Waals surface area contributed by atoms with Gasteiger partial charge in [-0.3, -0.25) is 4.68 Å². The van der Waals surface area contributed by atoms with E-state index in [9.17, 15) is 0 Å². The smallest absolute Gasteiger partial charge is 0.175 e. The van der Waals surface area contributed by atoms with Crippen LogP contribution < -0.4 is 10.6 Å². The lowest BCUT2D eigenvalue weighted by Crippen LogP contribution is -2.19. The number of thiocarbonyl (C=S) groups is 1. The average Bonchev–Trinajstić information content (AvgIpc) is 2.85. The third kappa shape index (κ3) is 4.25. The fraction of sp³-hybridized carbons (Fsp3) is 0.200. The minimum atomic E-state index is 0.562. The van der Waals surface area contributed by atoms with Crippen LogP contribution in [0.4, 0.5) is 11.4 Å². The van der Waals surface area contributed by atoms with E-state index >= 15 is 0 Å². The Morgan fingerprint density at radius 1 is 0.960 bits per heavy atom. The van der Waals surface area contributed by atoms with Gasteiger partial charge in [0.2, 0.25) is 0 Å². The van der Waals surface area contributed by atoms with E-state index in [4.69, 9.17) is 12.2 Å². The summed E-state index contributed by atoms with van der Waals surface area (Å²) in [5.41, 5.74) is 6.41. The van der Waals surface area contributed by atoms with Crippen molar-refractivity contribution in [1.82, 2.24) is 9.78 Å². The van der Waals surface area contributed by atoms with Crippen LogP contribution in [0, 0.1) is 20.8 Å². The molecule has 0 amide bonds. The topological polar surface area (TPSA) is 41.9 Å². The van der Waals surface area contributed by atoms with Crippen LogP contribution in [-0.2, 0) is 6.54 Å². The van der Waals surface area contributed by atoms with E-state index in [1.54, 1.807) is 0 Å². The quantitative estimate of drug-likeness (QED) is 0.671. The lowest BCUT2D eigenvalue weighted by molar-refractivity contribution is 0.659. The van der Waals surface area contributed by atoms with Crippen LogP contribution in [0.25, 0.3) is 0 Å². The van der Waals surface area contributed by atoms with E-state index in [1.165, 1.54) is 11.1 Å². The molecule has 2 N–H and O–H groups in total. The Morgan fingerprint density at radius 3 is 2.32 bits per heavy atom. The minimum absolute atomic E-state index is 0.562. The molecule has 0 radical (unpaired) electrons. The summed E-state index contributed by atoms with van der Waals surface area (Å²) in [6, 6.07) is 18.4. The molecule has 0 atom stereocenters. The normalized spacial score (nSPS) is 10.5. The van der Waals surface area contributed by atoms with Crippen LogP contribution in [0.3, 0.4) is 0 Å². The number of benzene rings is 2. The van der Waals surface area contributed by atoms with Gasteiger partial charge in [-0.1, -0.05) is 48.0 Å². The van der Waals surface area contributed by atoms with E-state index in [0.29, 0.717) is 5.11 Å². The van der Waals surface area contributed by atoms with Crippen LogP contribution in [0.15, 0.2) is 54.6 Å². The van der Waals surface area contributed by atoms with E-state index in [2.05, 4.69) is 53.8 Å². The maximum atomic E-state index is 5.43. The first kappa shape index (κ1) is 17.2. The van der Waals surface area contributed by atoms with Crippen molar-refractivity contribution in [3.05, 3.63) is 77.1 Å². The number of hydrogen-bond acceptors (Lipinski definition) is 2. The number of rotatable bonds is 4. The zero-order valence-electron chi connectivity index (χ0n) is 14.7. The molecule has 0 aliphatic rings. The van der Waals surface area contributed by atoms with Gasteiger partial charge in [0.25, 0.3) is 0 Å². The van der Waals surface area contributed by atoms with Crippen LogP contribution in [0.5, 0.6) is 0 Å². The van der Waals surface area contributed by atoms with Crippen molar-refractivity contribution in [2.75, 3.05) is 10.6 Å². The number of aryl methyl sites for hydroxylation is 2. The first-order valence-electron chi connectivity index (χ1n) is 8.25. The maximum Gasteiger partial charge on any atom is 0.175 e. The van der Waals surface area contributed by atoms with E-state index in [0.717, 1.165) is 29.3 Å². The molecule has 128 valence electrons. The summed E-state index contributed by atoms with van der Waals surface area (Å²) >= 11 is 5.43. The van der Waals surface area contributed by atoms with Crippen LogP contribution in [0.1, 0.15) is 22.5 Å². The van der Waals surface area contributed by atoms with Gasteiger partial charge in [-0.2, -0.15) is 5.10 Å². The summed E-state index contributed by atoms with van der Waals surface area (Å²) in [7, 11) is 0. The minimum Gasteiger partial charge on any atom is -0.332 e. The largest absolute Gasteiger partial charge is 0.332 e. The first-order valence-corrected chi connectivity index (χ1v) is 8.66. The molecule has 0 unspecified atom stereocenters. The van der Waals surface area contributed by atoms with Crippen molar-refractivity contribution < 1.29 is 0 Å². The summed E-state index contributed by atoms with van der Waals surface area (Å²) in [6.07, 6.45) is 0. The predicted molar refractivity (Wildman–Crippen MR) is 108 cm³/mol. The van der Waals surface area contributed by atoms with Gasteiger partial charge in [-0.15, -0.1) is 0 Å². The molecule has 3 rings (SSSR count). The van der Waals surface area contributed by atoms with Crippen molar-refractivity contribution >= 4 is 28.7 Å². The molecule has 0 aliphatic heterocycles. The Kier molecular flexibility index (Phi) is 5.14. The molecule has 0 fully saturated rings. The molecule has 2 aromatic carbocycles. The van der Waals surface area contributed by atoms with Crippen LogP contribution in [-0.4, -0.2) is 14.9 Å². The number of hydrogen-bond donors (Lipinski definition) is 2. The molecule has 0 spiro atoms. The van der Waals surface area contributed by atoms with Crippen LogP contribution in [0.2, 0.25) is 0 Å². The second-order valence-corrected chi connectivity index (χ2v) is 6.54. The Hall–Kier alpha value is -2.66. The fourth-order valence-electron chi connectivity index (χ4n) is 2.70. The summed E-state index contributed by atoms with van der Waals surface area (Å²) in [5, 5.41) is 11.7. The number of nitrogens with one attached hydrogen (secondary N) is 2. The van der Waals surface area contributed by atoms with Crippen molar-refractivity contribution in [2.24, 2.45) is 0 Å². The zero-order chi connectivity index (χ0) is 17.8. The highest BCUT2D eigenvalue weighted by molar-refractivity contribution is 7.80. The Balaban J connectivity index is 1.73. The van der Waals surface area contributed by atoms with Gasteiger partial charge in [0.1, 0.15) is 0 Å². The number of para-hydroxylation sites is 1. The van der Waals surface area contributed by atoms with Crippen molar-refractivity contribution in [3.63, 3.8) is 0 Å². The molecule has 0 saturated carbocycles. The second-order valence-electron chi connectivity index (χ2n) is 6.13. The Bertz CT molecular complexity index is 867. The monoisotopic (exact) mass is 350 g/mol. The van der Waals surface area contributed by atoms with E-state index in [-0.39, 0.29) is 0 Å². The Labute approximate surface area is 153 Å². The molecule has 1 heterocycles.